The molecule has 1 aromatic rings. The summed E-state index contributed by atoms with van der Waals surface area (Å²) in [5, 5.41) is 0. The normalized spacial score (nSPS) is 10.0. The Morgan fingerprint density at radius 3 is 2.29 bits per heavy atom. The molecular weight excluding hydrogens is 310 g/mol. The molecule has 0 N–H and O–H groups in total. The van der Waals surface area contributed by atoms with Crippen LogP contribution in [0.5, 0.6) is 0 Å². The maximum absolute atomic E-state index is 12.9. The number of methoxy groups -OCH3 is 1. The van der Waals surface area contributed by atoms with E-state index in [2.05, 4.69) is 23.5 Å². The average molecular weight is 336 g/mol. The Hall–Kier alpha value is -1.86. The van der Waals surface area contributed by atoms with Crippen molar-refractivity contribution >= 4 is 5.76 Å². The molecule has 0 fully saturated rings. The highest BCUT2D eigenvalue weighted by molar-refractivity contribution is 5.61. The van der Waals surface area contributed by atoms with Crippen LogP contribution in [-0.2, 0) is 9.47 Å². The summed E-state index contributed by atoms with van der Waals surface area (Å²) in [6.07, 6.45) is 6.47. The Bertz CT molecular complexity index is 549. The van der Waals surface area contributed by atoms with Crippen molar-refractivity contribution in [2.75, 3.05) is 13.9 Å². The summed E-state index contributed by atoms with van der Waals surface area (Å²) in [4.78, 5) is 0. The highest BCUT2D eigenvalue weighted by Crippen LogP contribution is 2.22. The third-order valence-corrected chi connectivity index (χ3v) is 3.53. The lowest BCUT2D eigenvalue weighted by Gasteiger charge is -2.08. The molecule has 0 amide bonds. The van der Waals surface area contributed by atoms with E-state index in [1.807, 2.05) is 0 Å². The fourth-order valence-electron chi connectivity index (χ4n) is 2.23. The first-order chi connectivity index (χ1) is 11.7. The topological polar surface area (TPSA) is 18.5 Å². The first kappa shape index (κ1) is 20.2. The van der Waals surface area contributed by atoms with Gasteiger partial charge in [0.25, 0.3) is 0 Å². The number of ether oxygens (including phenoxy) is 2. The van der Waals surface area contributed by atoms with Crippen molar-refractivity contribution < 1.29 is 18.3 Å². The van der Waals surface area contributed by atoms with Crippen molar-refractivity contribution in [1.29, 1.82) is 0 Å². The first-order valence-electron chi connectivity index (χ1n) is 8.45. The first-order valence-corrected chi connectivity index (χ1v) is 8.45. The van der Waals surface area contributed by atoms with Gasteiger partial charge in [0.1, 0.15) is 0 Å². The van der Waals surface area contributed by atoms with Gasteiger partial charge in [-0.25, -0.2) is 0 Å². The lowest BCUT2D eigenvalue weighted by Crippen LogP contribution is -1.97. The van der Waals surface area contributed by atoms with E-state index < -0.39 is 11.8 Å². The SMILES string of the molecule is CCCCCCCCC#Cc1ccc(C(OCOC)=C(F)F)cc1. The van der Waals surface area contributed by atoms with Crippen molar-refractivity contribution in [2.45, 2.75) is 51.9 Å². The molecule has 0 saturated carbocycles. The molecule has 0 spiro atoms. The molecule has 0 heterocycles. The van der Waals surface area contributed by atoms with E-state index in [0.29, 0.717) is 5.56 Å². The van der Waals surface area contributed by atoms with Crippen LogP contribution in [0, 0.1) is 11.8 Å². The highest BCUT2D eigenvalue weighted by atomic mass is 19.3. The molecule has 24 heavy (non-hydrogen) atoms. The van der Waals surface area contributed by atoms with Gasteiger partial charge in [-0.3, -0.25) is 0 Å². The minimum atomic E-state index is -1.87. The minimum Gasteiger partial charge on any atom is -0.461 e. The van der Waals surface area contributed by atoms with E-state index in [0.717, 1.165) is 18.4 Å². The molecule has 0 unspecified atom stereocenters. The summed E-state index contributed by atoms with van der Waals surface area (Å²) in [6, 6.07) is 6.61. The lowest BCUT2D eigenvalue weighted by atomic mass is 10.1. The van der Waals surface area contributed by atoms with Gasteiger partial charge in [-0.15, -0.1) is 0 Å². The molecule has 0 aromatic heterocycles. The van der Waals surface area contributed by atoms with Crippen molar-refractivity contribution in [1.82, 2.24) is 0 Å². The number of halogens is 2. The largest absolute Gasteiger partial charge is 0.461 e. The maximum atomic E-state index is 12.9. The van der Waals surface area contributed by atoms with Crippen molar-refractivity contribution in [3.63, 3.8) is 0 Å². The average Bonchev–Trinajstić information content (AvgIpc) is 2.58. The van der Waals surface area contributed by atoms with E-state index >= 15 is 0 Å². The quantitative estimate of drug-likeness (QED) is 0.227. The molecular formula is C20H26F2O2. The van der Waals surface area contributed by atoms with Crippen LogP contribution in [0.4, 0.5) is 8.78 Å². The number of benzene rings is 1. The lowest BCUT2D eigenvalue weighted by molar-refractivity contribution is 0.0283. The molecule has 0 aliphatic rings. The van der Waals surface area contributed by atoms with Crippen LogP contribution in [0.1, 0.15) is 63.0 Å². The van der Waals surface area contributed by atoms with Gasteiger partial charge in [0, 0.05) is 24.7 Å². The smallest absolute Gasteiger partial charge is 0.312 e. The third kappa shape index (κ3) is 8.12. The van der Waals surface area contributed by atoms with Gasteiger partial charge in [0.15, 0.2) is 12.6 Å². The summed E-state index contributed by atoms with van der Waals surface area (Å²) in [5.74, 6) is 5.75. The Labute approximate surface area is 143 Å². The second kappa shape index (κ2) is 12.5. The second-order valence-corrected chi connectivity index (χ2v) is 5.54. The van der Waals surface area contributed by atoms with Crippen molar-refractivity contribution in [3.05, 3.63) is 41.5 Å². The summed E-state index contributed by atoms with van der Waals surface area (Å²) in [7, 11) is 1.39. The zero-order valence-corrected chi connectivity index (χ0v) is 14.5. The Morgan fingerprint density at radius 2 is 1.67 bits per heavy atom. The monoisotopic (exact) mass is 336 g/mol. The summed E-state index contributed by atoms with van der Waals surface area (Å²) in [5.41, 5.74) is 1.13. The van der Waals surface area contributed by atoms with Crippen molar-refractivity contribution in [3.8, 4) is 11.8 Å². The van der Waals surface area contributed by atoms with Crippen LogP contribution in [0.3, 0.4) is 0 Å². The fraction of sp³-hybridized carbons (Fsp3) is 0.500. The van der Waals surface area contributed by atoms with Gasteiger partial charge in [-0.2, -0.15) is 8.78 Å². The number of unbranched alkanes of at least 4 members (excludes halogenated alkanes) is 6. The van der Waals surface area contributed by atoms with E-state index in [9.17, 15) is 8.78 Å². The predicted octanol–water partition coefficient (Wildman–Crippen LogP) is 5.97. The van der Waals surface area contributed by atoms with Gasteiger partial charge >= 0.3 is 6.08 Å². The Kier molecular flexibility index (Phi) is 10.6. The molecule has 2 nitrogen and oxygen atoms in total. The fourth-order valence-corrected chi connectivity index (χ4v) is 2.23. The van der Waals surface area contributed by atoms with Crippen LogP contribution in [-0.4, -0.2) is 13.9 Å². The molecule has 0 radical (unpaired) electrons. The number of hydrogen-bond acceptors (Lipinski definition) is 2. The molecule has 132 valence electrons. The highest BCUT2D eigenvalue weighted by Gasteiger charge is 2.10. The van der Waals surface area contributed by atoms with Gasteiger partial charge in [-0.05, 0) is 30.7 Å². The molecule has 1 aromatic carbocycles. The van der Waals surface area contributed by atoms with Crippen LogP contribution >= 0.6 is 0 Å². The molecule has 0 atom stereocenters. The van der Waals surface area contributed by atoms with Gasteiger partial charge in [-0.1, -0.05) is 50.9 Å². The zero-order chi connectivity index (χ0) is 17.6. The molecule has 0 saturated heterocycles. The van der Waals surface area contributed by atoms with Crippen LogP contribution in [0.2, 0.25) is 0 Å². The third-order valence-electron chi connectivity index (χ3n) is 3.53. The van der Waals surface area contributed by atoms with E-state index in [1.165, 1.54) is 39.2 Å². The van der Waals surface area contributed by atoms with Gasteiger partial charge in [0.2, 0.25) is 0 Å². The predicted molar refractivity (Wildman–Crippen MR) is 93.4 cm³/mol. The van der Waals surface area contributed by atoms with Crippen LogP contribution in [0.25, 0.3) is 5.76 Å². The van der Waals surface area contributed by atoms with E-state index in [4.69, 9.17) is 4.74 Å². The van der Waals surface area contributed by atoms with Crippen LogP contribution < -0.4 is 0 Å². The van der Waals surface area contributed by atoms with Gasteiger partial charge < -0.3 is 9.47 Å². The van der Waals surface area contributed by atoms with E-state index in [1.54, 1.807) is 24.3 Å². The van der Waals surface area contributed by atoms with Gasteiger partial charge in [0.05, 0.1) is 0 Å². The minimum absolute atomic E-state index is 0.216. The summed E-state index contributed by atoms with van der Waals surface area (Å²) in [6.45, 7) is 1.99. The molecule has 4 heteroatoms. The zero-order valence-electron chi connectivity index (χ0n) is 14.5. The molecule has 0 bridgehead atoms. The standard InChI is InChI=1S/C20H26F2O2/c1-3-4-5-6-7-8-9-10-11-17-12-14-18(15-13-17)19(20(21)22)24-16-23-2/h12-15H,3-9,16H2,1-2H3. The maximum Gasteiger partial charge on any atom is 0.312 e. The molecule has 0 aliphatic carbocycles. The molecule has 1 rings (SSSR count). The van der Waals surface area contributed by atoms with Crippen LogP contribution in [0.15, 0.2) is 30.3 Å². The Morgan fingerprint density at radius 1 is 1.00 bits per heavy atom. The second-order valence-electron chi connectivity index (χ2n) is 5.54. The summed E-state index contributed by atoms with van der Waals surface area (Å²) >= 11 is 0. The number of rotatable bonds is 10. The van der Waals surface area contributed by atoms with Crippen molar-refractivity contribution in [2.24, 2.45) is 0 Å². The number of hydrogen-bond donors (Lipinski definition) is 0. The summed E-state index contributed by atoms with van der Waals surface area (Å²) < 4.78 is 35.3. The van der Waals surface area contributed by atoms with E-state index in [-0.39, 0.29) is 6.79 Å². The molecule has 0 aliphatic heterocycles. The Balaban J connectivity index is 2.47.